The summed E-state index contributed by atoms with van der Waals surface area (Å²) in [7, 11) is 0. The molecule has 1 aliphatic heterocycles. The summed E-state index contributed by atoms with van der Waals surface area (Å²) in [5.41, 5.74) is 0.821. The lowest BCUT2D eigenvalue weighted by molar-refractivity contribution is 0.248. The summed E-state index contributed by atoms with van der Waals surface area (Å²) < 4.78 is 0. The van der Waals surface area contributed by atoms with Crippen LogP contribution in [0.1, 0.15) is 12.8 Å². The van der Waals surface area contributed by atoms with Gasteiger partial charge < -0.3 is 4.90 Å². The number of nitrogens with one attached hydrogen (secondary N) is 1. The zero-order valence-electron chi connectivity index (χ0n) is 9.22. The van der Waals surface area contributed by atoms with Crippen LogP contribution in [0.3, 0.4) is 0 Å². The molecule has 3 rings (SSSR count). The van der Waals surface area contributed by atoms with E-state index >= 15 is 0 Å². The van der Waals surface area contributed by atoms with Gasteiger partial charge in [-0.1, -0.05) is 0 Å². The van der Waals surface area contributed by atoms with Crippen molar-refractivity contribution in [1.82, 2.24) is 15.1 Å². The summed E-state index contributed by atoms with van der Waals surface area (Å²) in [6.45, 7) is 4.22. The van der Waals surface area contributed by atoms with E-state index in [1.54, 1.807) is 12.3 Å². The van der Waals surface area contributed by atoms with E-state index in [1.807, 2.05) is 0 Å². The van der Waals surface area contributed by atoms with Gasteiger partial charge in [0.05, 0.1) is 11.9 Å². The minimum absolute atomic E-state index is 0.123. The van der Waals surface area contributed by atoms with Crippen molar-refractivity contribution < 1.29 is 0 Å². The maximum atomic E-state index is 11.2. The second-order valence-corrected chi connectivity index (χ2v) is 4.56. The third kappa shape index (κ3) is 1.95. The van der Waals surface area contributed by atoms with E-state index in [2.05, 4.69) is 20.0 Å². The molecular formula is C11H16N4O. The summed E-state index contributed by atoms with van der Waals surface area (Å²) in [6, 6.07) is 2.47. The molecule has 2 aliphatic rings. The Kier molecular flexibility index (Phi) is 2.40. The second-order valence-electron chi connectivity index (χ2n) is 4.56. The molecule has 0 amide bonds. The Morgan fingerprint density at radius 3 is 2.62 bits per heavy atom. The Morgan fingerprint density at radius 1 is 1.25 bits per heavy atom. The van der Waals surface area contributed by atoms with Gasteiger partial charge in [-0.05, 0) is 12.8 Å². The van der Waals surface area contributed by atoms with Crippen molar-refractivity contribution in [3.05, 3.63) is 22.6 Å². The van der Waals surface area contributed by atoms with Crippen LogP contribution in [0.2, 0.25) is 0 Å². The molecule has 2 heterocycles. The minimum atomic E-state index is -0.123. The molecule has 0 aromatic carbocycles. The van der Waals surface area contributed by atoms with Crippen molar-refractivity contribution in [2.45, 2.75) is 18.9 Å². The van der Waals surface area contributed by atoms with Crippen LogP contribution in [0.4, 0.5) is 5.69 Å². The summed E-state index contributed by atoms with van der Waals surface area (Å²) in [5.74, 6) is 0. The molecule has 0 radical (unpaired) electrons. The topological polar surface area (TPSA) is 52.2 Å². The van der Waals surface area contributed by atoms with E-state index < -0.39 is 0 Å². The van der Waals surface area contributed by atoms with E-state index in [-0.39, 0.29) is 5.56 Å². The van der Waals surface area contributed by atoms with Crippen molar-refractivity contribution >= 4 is 5.69 Å². The van der Waals surface area contributed by atoms with E-state index in [1.165, 1.54) is 12.8 Å². The lowest BCUT2D eigenvalue weighted by Gasteiger charge is -2.35. The first-order valence-corrected chi connectivity index (χ1v) is 5.87. The van der Waals surface area contributed by atoms with E-state index in [4.69, 9.17) is 0 Å². The molecule has 86 valence electrons. The van der Waals surface area contributed by atoms with E-state index in [9.17, 15) is 4.79 Å². The van der Waals surface area contributed by atoms with Gasteiger partial charge in [-0.15, -0.1) is 0 Å². The summed E-state index contributed by atoms with van der Waals surface area (Å²) in [6.07, 6.45) is 4.47. The van der Waals surface area contributed by atoms with E-state index in [0.29, 0.717) is 0 Å². The zero-order valence-corrected chi connectivity index (χ0v) is 9.22. The standard InChI is InChI=1S/C11H16N4O/c16-11-7-10(8-12-13-11)15-5-3-14(4-6-15)9-1-2-9/h7-9H,1-6H2,(H,13,16). The van der Waals surface area contributed by atoms with Crippen LogP contribution in [0.5, 0.6) is 0 Å². The monoisotopic (exact) mass is 220 g/mol. The number of H-pyrrole nitrogens is 1. The molecular weight excluding hydrogens is 204 g/mol. The highest BCUT2D eigenvalue weighted by Crippen LogP contribution is 2.28. The van der Waals surface area contributed by atoms with Gasteiger partial charge in [0.25, 0.3) is 5.56 Å². The smallest absolute Gasteiger partial charge is 0.266 e. The van der Waals surface area contributed by atoms with Crippen molar-refractivity contribution in [1.29, 1.82) is 0 Å². The number of piperazine rings is 1. The van der Waals surface area contributed by atoms with Gasteiger partial charge in [-0.2, -0.15) is 5.10 Å². The third-order valence-corrected chi connectivity index (χ3v) is 3.39. The summed E-state index contributed by atoms with van der Waals surface area (Å²) >= 11 is 0. The van der Waals surface area contributed by atoms with Crippen molar-refractivity contribution in [3.63, 3.8) is 0 Å². The van der Waals surface area contributed by atoms with Crippen molar-refractivity contribution in [2.24, 2.45) is 0 Å². The first kappa shape index (κ1) is 9.84. The quantitative estimate of drug-likeness (QED) is 0.765. The second kappa shape index (κ2) is 3.90. The average molecular weight is 220 g/mol. The number of rotatable bonds is 2. The number of aromatic nitrogens is 2. The van der Waals surface area contributed by atoms with Crippen LogP contribution in [-0.2, 0) is 0 Å². The normalized spacial score (nSPS) is 22.4. The Balaban J connectivity index is 1.66. The number of hydrogen-bond donors (Lipinski definition) is 1. The van der Waals surface area contributed by atoms with Crippen LogP contribution in [0, 0.1) is 0 Å². The highest BCUT2D eigenvalue weighted by Gasteiger charge is 2.31. The lowest BCUT2D eigenvalue weighted by atomic mass is 10.3. The molecule has 1 saturated carbocycles. The number of nitrogens with zero attached hydrogens (tertiary/aromatic N) is 3. The average Bonchev–Trinajstić information content (AvgIpc) is 3.13. The fourth-order valence-corrected chi connectivity index (χ4v) is 2.32. The van der Waals surface area contributed by atoms with Gasteiger partial charge in [0.15, 0.2) is 0 Å². The summed E-state index contributed by atoms with van der Waals surface area (Å²) in [5, 5.41) is 6.24. The molecule has 1 aliphatic carbocycles. The zero-order chi connectivity index (χ0) is 11.0. The fraction of sp³-hybridized carbons (Fsp3) is 0.636. The van der Waals surface area contributed by atoms with Crippen LogP contribution >= 0.6 is 0 Å². The Bertz CT molecular complexity index is 418. The molecule has 0 atom stereocenters. The van der Waals surface area contributed by atoms with Crippen molar-refractivity contribution in [3.8, 4) is 0 Å². The van der Waals surface area contributed by atoms with Gasteiger partial charge in [0, 0.05) is 38.3 Å². The number of anilines is 1. The van der Waals surface area contributed by atoms with Gasteiger partial charge in [0.2, 0.25) is 0 Å². The maximum Gasteiger partial charge on any atom is 0.266 e. The maximum absolute atomic E-state index is 11.2. The molecule has 0 bridgehead atoms. The largest absolute Gasteiger partial charge is 0.368 e. The third-order valence-electron chi connectivity index (χ3n) is 3.39. The molecule has 1 aromatic heterocycles. The van der Waals surface area contributed by atoms with Gasteiger partial charge >= 0.3 is 0 Å². The predicted octanol–water partition coefficient (Wildman–Crippen LogP) is 0.0543. The Morgan fingerprint density at radius 2 is 2.00 bits per heavy atom. The molecule has 1 saturated heterocycles. The molecule has 1 aromatic rings. The molecule has 0 spiro atoms. The SMILES string of the molecule is O=c1cc(N2CCN(C3CC3)CC2)cn[nH]1. The first-order chi connectivity index (χ1) is 7.83. The molecule has 1 N–H and O–H groups in total. The van der Waals surface area contributed by atoms with Gasteiger partial charge in [0.1, 0.15) is 0 Å². The number of hydrogen-bond acceptors (Lipinski definition) is 4. The molecule has 0 unspecified atom stereocenters. The highest BCUT2D eigenvalue weighted by atomic mass is 16.1. The van der Waals surface area contributed by atoms with Crippen LogP contribution < -0.4 is 10.5 Å². The van der Waals surface area contributed by atoms with Crippen LogP contribution in [0.15, 0.2) is 17.1 Å². The van der Waals surface area contributed by atoms with Crippen LogP contribution in [-0.4, -0.2) is 47.3 Å². The fourth-order valence-electron chi connectivity index (χ4n) is 2.32. The number of aromatic amines is 1. The molecule has 2 fully saturated rings. The van der Waals surface area contributed by atoms with Gasteiger partial charge in [-0.25, -0.2) is 5.10 Å². The Hall–Kier alpha value is -1.36. The van der Waals surface area contributed by atoms with Crippen molar-refractivity contribution in [2.75, 3.05) is 31.1 Å². The first-order valence-electron chi connectivity index (χ1n) is 5.87. The molecule has 5 heteroatoms. The molecule has 16 heavy (non-hydrogen) atoms. The molecule has 5 nitrogen and oxygen atoms in total. The Labute approximate surface area is 94.1 Å². The highest BCUT2D eigenvalue weighted by molar-refractivity contribution is 5.43. The summed E-state index contributed by atoms with van der Waals surface area (Å²) in [4.78, 5) is 16.0. The minimum Gasteiger partial charge on any atom is -0.368 e. The lowest BCUT2D eigenvalue weighted by Crippen LogP contribution is -2.47. The van der Waals surface area contributed by atoms with E-state index in [0.717, 1.165) is 37.9 Å². The van der Waals surface area contributed by atoms with Gasteiger partial charge in [-0.3, -0.25) is 9.69 Å². The predicted molar refractivity (Wildman–Crippen MR) is 61.7 cm³/mol. The van der Waals surface area contributed by atoms with Crippen LogP contribution in [0.25, 0.3) is 0 Å².